The maximum Gasteiger partial charge on any atom is 0.330 e. The van der Waals surface area contributed by atoms with Gasteiger partial charge >= 0.3 is 17.9 Å². The fraction of sp³-hybridized carbons (Fsp3) is 0.650. The molecule has 7 nitrogen and oxygen atoms in total. The molecule has 0 aromatic rings. The van der Waals surface area contributed by atoms with E-state index >= 15 is 0 Å². The van der Waals surface area contributed by atoms with Crippen molar-refractivity contribution < 1.29 is 33.3 Å². The first-order valence-electron chi connectivity index (χ1n) is 9.39. The summed E-state index contributed by atoms with van der Waals surface area (Å²) in [6.07, 6.45) is 8.10. The normalized spacial score (nSPS) is 10.1. The van der Waals surface area contributed by atoms with Crippen molar-refractivity contribution in [1.29, 1.82) is 0 Å². The lowest BCUT2D eigenvalue weighted by atomic mass is 10.2. The zero-order chi connectivity index (χ0) is 20.2. The molecule has 0 N–H and O–H groups in total. The Kier molecular flexibility index (Phi) is 17.2. The smallest absolute Gasteiger partial charge is 0.330 e. The van der Waals surface area contributed by atoms with E-state index in [1.54, 1.807) is 6.08 Å². The number of carbonyl (C=O) groups is 3. The molecule has 0 spiro atoms. The fourth-order valence-electron chi connectivity index (χ4n) is 2.05. The van der Waals surface area contributed by atoms with Crippen LogP contribution in [0.5, 0.6) is 0 Å². The van der Waals surface area contributed by atoms with Crippen molar-refractivity contribution in [1.82, 2.24) is 0 Å². The largest absolute Gasteiger partial charge is 0.463 e. The van der Waals surface area contributed by atoms with Gasteiger partial charge in [0.15, 0.2) is 0 Å². The lowest BCUT2D eigenvalue weighted by molar-refractivity contribution is -0.152. The van der Waals surface area contributed by atoms with Crippen LogP contribution in [0.3, 0.4) is 0 Å². The molecule has 0 aliphatic carbocycles. The molecular formula is C20H32O7. The number of unbranched alkanes of at least 4 members (excludes halogenated alkanes) is 4. The maximum absolute atomic E-state index is 11.5. The molecule has 0 amide bonds. The first kappa shape index (κ1) is 24.8. The summed E-state index contributed by atoms with van der Waals surface area (Å²) in [5.74, 6) is -1.05. The van der Waals surface area contributed by atoms with Crippen molar-refractivity contribution in [3.05, 3.63) is 25.3 Å². The molecule has 0 rings (SSSR count). The van der Waals surface area contributed by atoms with Gasteiger partial charge < -0.3 is 18.9 Å². The summed E-state index contributed by atoms with van der Waals surface area (Å²) >= 11 is 0. The van der Waals surface area contributed by atoms with E-state index in [-0.39, 0.29) is 31.6 Å². The highest BCUT2D eigenvalue weighted by atomic mass is 16.6. The van der Waals surface area contributed by atoms with Gasteiger partial charge in [0.2, 0.25) is 0 Å². The van der Waals surface area contributed by atoms with E-state index in [9.17, 15) is 14.4 Å². The van der Waals surface area contributed by atoms with E-state index in [0.717, 1.165) is 31.8 Å². The summed E-state index contributed by atoms with van der Waals surface area (Å²) in [4.78, 5) is 33.8. The molecule has 0 radical (unpaired) electrons. The van der Waals surface area contributed by atoms with Gasteiger partial charge in [0.1, 0.15) is 13.2 Å². The SMILES string of the molecule is C=CCOCCCCCC(=O)OCCOC(=O)CCCCCOC(=O)C=C. The van der Waals surface area contributed by atoms with Crippen LogP contribution in [0.2, 0.25) is 0 Å². The van der Waals surface area contributed by atoms with Crippen LogP contribution < -0.4 is 0 Å². The lowest BCUT2D eigenvalue weighted by Gasteiger charge is -2.07. The summed E-state index contributed by atoms with van der Waals surface area (Å²) in [5.41, 5.74) is 0. The lowest BCUT2D eigenvalue weighted by Crippen LogP contribution is -2.13. The summed E-state index contributed by atoms with van der Waals surface area (Å²) in [6, 6.07) is 0. The van der Waals surface area contributed by atoms with E-state index < -0.39 is 5.97 Å². The third-order valence-electron chi connectivity index (χ3n) is 3.45. The standard InChI is InChI=1S/C20H32O7/c1-3-13-24-14-9-5-7-11-19(22)26-16-17-27-20(23)12-8-6-10-15-25-18(21)4-2/h3-4H,1-2,5-17H2. The van der Waals surface area contributed by atoms with Crippen LogP contribution in [0.25, 0.3) is 0 Å². The average Bonchev–Trinajstić information content (AvgIpc) is 2.67. The van der Waals surface area contributed by atoms with Crippen molar-refractivity contribution in [3.63, 3.8) is 0 Å². The van der Waals surface area contributed by atoms with Crippen molar-refractivity contribution in [2.24, 2.45) is 0 Å². The molecule has 0 atom stereocenters. The van der Waals surface area contributed by atoms with Gasteiger partial charge in [-0.25, -0.2) is 4.79 Å². The summed E-state index contributed by atoms with van der Waals surface area (Å²) in [5, 5.41) is 0. The molecular weight excluding hydrogens is 352 g/mol. The number of rotatable bonds is 18. The molecule has 0 heterocycles. The van der Waals surface area contributed by atoms with E-state index in [4.69, 9.17) is 18.9 Å². The van der Waals surface area contributed by atoms with E-state index in [0.29, 0.717) is 39.1 Å². The molecule has 0 aromatic heterocycles. The van der Waals surface area contributed by atoms with Crippen LogP contribution >= 0.6 is 0 Å². The van der Waals surface area contributed by atoms with Gasteiger partial charge in [0.05, 0.1) is 13.2 Å². The second-order valence-electron chi connectivity index (χ2n) is 5.80. The Morgan fingerprint density at radius 3 is 1.74 bits per heavy atom. The van der Waals surface area contributed by atoms with E-state index in [1.165, 1.54) is 0 Å². The molecule has 0 aliphatic rings. The summed E-state index contributed by atoms with van der Waals surface area (Å²) in [7, 11) is 0. The average molecular weight is 384 g/mol. The van der Waals surface area contributed by atoms with Crippen LogP contribution in [-0.2, 0) is 33.3 Å². The Hall–Kier alpha value is -2.15. The van der Waals surface area contributed by atoms with Crippen molar-refractivity contribution in [3.8, 4) is 0 Å². The molecule has 0 aliphatic heterocycles. The van der Waals surface area contributed by atoms with Crippen LogP contribution in [0.4, 0.5) is 0 Å². The number of ether oxygens (including phenoxy) is 4. The molecule has 0 bridgehead atoms. The second-order valence-corrected chi connectivity index (χ2v) is 5.80. The molecule has 0 unspecified atom stereocenters. The zero-order valence-electron chi connectivity index (χ0n) is 16.1. The van der Waals surface area contributed by atoms with E-state index in [2.05, 4.69) is 13.2 Å². The van der Waals surface area contributed by atoms with Crippen LogP contribution in [-0.4, -0.2) is 50.9 Å². The summed E-state index contributed by atoms with van der Waals surface area (Å²) < 4.78 is 20.1. The van der Waals surface area contributed by atoms with Gasteiger partial charge in [-0.15, -0.1) is 6.58 Å². The van der Waals surface area contributed by atoms with Gasteiger partial charge in [-0.1, -0.05) is 19.1 Å². The first-order valence-corrected chi connectivity index (χ1v) is 9.39. The maximum atomic E-state index is 11.5. The predicted molar refractivity (Wildman–Crippen MR) is 101 cm³/mol. The second kappa shape index (κ2) is 18.6. The minimum Gasteiger partial charge on any atom is -0.463 e. The Morgan fingerprint density at radius 1 is 0.667 bits per heavy atom. The zero-order valence-corrected chi connectivity index (χ0v) is 16.1. The molecule has 0 fully saturated rings. The van der Waals surface area contributed by atoms with Crippen molar-refractivity contribution >= 4 is 17.9 Å². The van der Waals surface area contributed by atoms with Gasteiger partial charge in [0.25, 0.3) is 0 Å². The quantitative estimate of drug-likeness (QED) is 0.118. The highest BCUT2D eigenvalue weighted by molar-refractivity contribution is 5.81. The van der Waals surface area contributed by atoms with Gasteiger partial charge in [-0.05, 0) is 32.1 Å². The predicted octanol–water partition coefficient (Wildman–Crippen LogP) is 3.13. The molecule has 0 saturated carbocycles. The number of esters is 3. The molecule has 0 saturated heterocycles. The van der Waals surface area contributed by atoms with Crippen molar-refractivity contribution in [2.45, 2.75) is 51.4 Å². The summed E-state index contributed by atoms with van der Waals surface area (Å²) in [6.45, 7) is 8.53. The van der Waals surface area contributed by atoms with Crippen LogP contribution in [0, 0.1) is 0 Å². The third-order valence-corrected chi connectivity index (χ3v) is 3.45. The van der Waals surface area contributed by atoms with Gasteiger partial charge in [-0.2, -0.15) is 0 Å². The Bertz CT molecular complexity index is 446. The topological polar surface area (TPSA) is 88.1 Å². The highest BCUT2D eigenvalue weighted by Gasteiger charge is 2.06. The number of hydrogen-bond donors (Lipinski definition) is 0. The first-order chi connectivity index (χ1) is 13.1. The molecule has 154 valence electrons. The minimum absolute atomic E-state index is 0.0664. The van der Waals surface area contributed by atoms with Gasteiger partial charge in [0, 0.05) is 25.5 Å². The van der Waals surface area contributed by atoms with Crippen LogP contribution in [0.15, 0.2) is 25.3 Å². The molecule has 0 aromatic carbocycles. The number of carbonyl (C=O) groups excluding carboxylic acids is 3. The Labute approximate surface area is 161 Å². The van der Waals surface area contributed by atoms with E-state index in [1.807, 2.05) is 0 Å². The molecule has 7 heteroatoms. The van der Waals surface area contributed by atoms with Gasteiger partial charge in [-0.3, -0.25) is 9.59 Å². The minimum atomic E-state index is -0.443. The molecule has 27 heavy (non-hydrogen) atoms. The van der Waals surface area contributed by atoms with Crippen LogP contribution in [0.1, 0.15) is 51.4 Å². The fourth-order valence-corrected chi connectivity index (χ4v) is 2.05. The number of hydrogen-bond acceptors (Lipinski definition) is 7. The third kappa shape index (κ3) is 18.4. The Balaban J connectivity index is 3.38. The van der Waals surface area contributed by atoms with Crippen molar-refractivity contribution in [2.75, 3.05) is 33.0 Å². The highest BCUT2D eigenvalue weighted by Crippen LogP contribution is 2.03. The Morgan fingerprint density at radius 2 is 1.22 bits per heavy atom. The monoisotopic (exact) mass is 384 g/mol.